The fraction of sp³-hybridized carbons (Fsp3) is 0.450. The Balaban J connectivity index is 2.13. The standard InChI is InChI=1S/C20H29N5O/c1-6-8-9-17(23-24(5)13-19(26)21-7-2)16-10-11-18(22-12-16)25-14-20(3,4)15-25/h6,8-12H,1,7,13-15H2,2-5H3,(H,21,26)/b9-8-,23-17+. The van der Waals surface area contributed by atoms with Crippen molar-refractivity contribution in [2.75, 3.05) is 38.1 Å². The van der Waals surface area contributed by atoms with Gasteiger partial charge in [-0.05, 0) is 30.5 Å². The number of amides is 1. The number of nitrogens with one attached hydrogen (secondary N) is 1. The van der Waals surface area contributed by atoms with Crippen molar-refractivity contribution in [1.82, 2.24) is 15.3 Å². The third kappa shape index (κ3) is 5.44. The van der Waals surface area contributed by atoms with Gasteiger partial charge in [-0.25, -0.2) is 4.98 Å². The van der Waals surface area contributed by atoms with Crippen molar-refractivity contribution >= 4 is 17.4 Å². The molecule has 1 aromatic heterocycles. The van der Waals surface area contributed by atoms with Crippen LogP contribution in [0.2, 0.25) is 0 Å². The summed E-state index contributed by atoms with van der Waals surface area (Å²) in [5.74, 6) is 0.926. The van der Waals surface area contributed by atoms with E-state index in [0.29, 0.717) is 12.0 Å². The molecule has 0 saturated carbocycles. The fourth-order valence-corrected chi connectivity index (χ4v) is 2.90. The first kappa shape index (κ1) is 19.7. The second-order valence-electron chi connectivity index (χ2n) is 7.27. The Labute approximate surface area is 156 Å². The zero-order valence-corrected chi connectivity index (χ0v) is 16.2. The van der Waals surface area contributed by atoms with Crippen LogP contribution in [0.4, 0.5) is 5.82 Å². The molecule has 26 heavy (non-hydrogen) atoms. The molecule has 140 valence electrons. The number of pyridine rings is 1. The molecule has 1 fully saturated rings. The molecule has 1 aromatic rings. The molecule has 0 atom stereocenters. The second-order valence-corrected chi connectivity index (χ2v) is 7.27. The molecule has 6 heteroatoms. The van der Waals surface area contributed by atoms with Gasteiger partial charge in [0, 0.05) is 38.4 Å². The summed E-state index contributed by atoms with van der Waals surface area (Å²) in [7, 11) is 1.78. The van der Waals surface area contributed by atoms with Gasteiger partial charge < -0.3 is 10.2 Å². The molecular weight excluding hydrogens is 326 g/mol. The number of anilines is 1. The van der Waals surface area contributed by atoms with Gasteiger partial charge in [0.2, 0.25) is 5.91 Å². The SMILES string of the molecule is C=C/C=C\C(=N/N(C)CC(=O)NCC)c1ccc(N2CC(C)(C)C2)nc1. The van der Waals surface area contributed by atoms with E-state index in [0.717, 1.165) is 30.2 Å². The molecule has 0 aromatic carbocycles. The minimum Gasteiger partial charge on any atom is -0.355 e. The Hall–Kier alpha value is -2.63. The number of carbonyl (C=O) groups is 1. The monoisotopic (exact) mass is 355 g/mol. The molecular formula is C20H29N5O. The van der Waals surface area contributed by atoms with Crippen LogP contribution in [0.25, 0.3) is 0 Å². The Morgan fingerprint density at radius 3 is 2.73 bits per heavy atom. The number of hydrogen-bond donors (Lipinski definition) is 1. The molecule has 2 heterocycles. The van der Waals surface area contributed by atoms with Crippen LogP contribution in [0.3, 0.4) is 0 Å². The van der Waals surface area contributed by atoms with Crippen LogP contribution in [-0.2, 0) is 4.79 Å². The summed E-state index contributed by atoms with van der Waals surface area (Å²) in [6.07, 6.45) is 7.21. The number of aromatic nitrogens is 1. The van der Waals surface area contributed by atoms with Crippen molar-refractivity contribution in [3.8, 4) is 0 Å². The van der Waals surface area contributed by atoms with Gasteiger partial charge in [0.05, 0.1) is 5.71 Å². The summed E-state index contributed by atoms with van der Waals surface area (Å²) in [4.78, 5) is 18.6. The largest absolute Gasteiger partial charge is 0.355 e. The van der Waals surface area contributed by atoms with Crippen LogP contribution >= 0.6 is 0 Å². The first-order valence-electron chi connectivity index (χ1n) is 8.91. The van der Waals surface area contributed by atoms with Crippen LogP contribution in [-0.4, -0.2) is 54.8 Å². The highest BCUT2D eigenvalue weighted by molar-refractivity contribution is 6.08. The number of carbonyl (C=O) groups excluding carboxylic acids is 1. The Kier molecular flexibility index (Phi) is 6.55. The van der Waals surface area contributed by atoms with Gasteiger partial charge in [-0.3, -0.25) is 9.80 Å². The highest BCUT2D eigenvalue weighted by atomic mass is 16.2. The zero-order chi connectivity index (χ0) is 19.2. The third-order valence-corrected chi connectivity index (χ3v) is 4.02. The van der Waals surface area contributed by atoms with Gasteiger partial charge >= 0.3 is 0 Å². The number of likely N-dealkylation sites (N-methyl/N-ethyl adjacent to an activating group) is 2. The highest BCUT2D eigenvalue weighted by Gasteiger charge is 2.34. The van der Waals surface area contributed by atoms with Crippen molar-refractivity contribution in [2.45, 2.75) is 20.8 Å². The van der Waals surface area contributed by atoms with E-state index in [2.05, 4.69) is 40.7 Å². The van der Waals surface area contributed by atoms with Gasteiger partial charge in [-0.15, -0.1) is 0 Å². The van der Waals surface area contributed by atoms with Gasteiger partial charge in [0.25, 0.3) is 0 Å². The number of hydrogen-bond acceptors (Lipinski definition) is 5. The Morgan fingerprint density at radius 1 is 1.46 bits per heavy atom. The molecule has 1 aliphatic rings. The minimum atomic E-state index is -0.0559. The smallest absolute Gasteiger partial charge is 0.241 e. The third-order valence-electron chi connectivity index (χ3n) is 4.02. The normalized spacial score (nSPS) is 16.3. The molecule has 0 bridgehead atoms. The molecule has 1 saturated heterocycles. The average Bonchev–Trinajstić information content (AvgIpc) is 2.56. The summed E-state index contributed by atoms with van der Waals surface area (Å²) in [5, 5.41) is 8.93. The van der Waals surface area contributed by atoms with Crippen molar-refractivity contribution in [2.24, 2.45) is 10.5 Å². The number of nitrogens with zero attached hydrogens (tertiary/aromatic N) is 4. The zero-order valence-electron chi connectivity index (χ0n) is 16.2. The molecule has 1 aliphatic heterocycles. The summed E-state index contributed by atoms with van der Waals surface area (Å²) < 4.78 is 0. The Morgan fingerprint density at radius 2 is 2.19 bits per heavy atom. The maximum Gasteiger partial charge on any atom is 0.241 e. The molecule has 0 spiro atoms. The Bertz CT molecular complexity index is 683. The lowest BCUT2D eigenvalue weighted by molar-refractivity contribution is -0.121. The summed E-state index contributed by atoms with van der Waals surface area (Å²) in [5.41, 5.74) is 2.00. The van der Waals surface area contributed by atoms with Crippen LogP contribution in [0.1, 0.15) is 26.3 Å². The lowest BCUT2D eigenvalue weighted by atomic mass is 9.84. The van der Waals surface area contributed by atoms with Crippen molar-refractivity contribution in [1.29, 1.82) is 0 Å². The number of rotatable bonds is 8. The van der Waals surface area contributed by atoms with Crippen LogP contribution in [0, 0.1) is 5.41 Å². The van der Waals surface area contributed by atoms with E-state index in [1.807, 2.05) is 37.4 Å². The molecule has 2 rings (SSSR count). The van der Waals surface area contributed by atoms with Crippen molar-refractivity contribution in [3.63, 3.8) is 0 Å². The average molecular weight is 355 g/mol. The maximum atomic E-state index is 11.7. The molecule has 1 N–H and O–H groups in total. The molecule has 0 radical (unpaired) electrons. The first-order valence-corrected chi connectivity index (χ1v) is 8.91. The van der Waals surface area contributed by atoms with E-state index in [9.17, 15) is 4.79 Å². The molecule has 1 amide bonds. The van der Waals surface area contributed by atoms with E-state index < -0.39 is 0 Å². The number of allylic oxidation sites excluding steroid dienone is 3. The van der Waals surface area contributed by atoms with E-state index in [4.69, 9.17) is 0 Å². The molecule has 0 aliphatic carbocycles. The van der Waals surface area contributed by atoms with E-state index in [1.54, 1.807) is 18.1 Å². The lowest BCUT2D eigenvalue weighted by Crippen LogP contribution is -2.53. The fourth-order valence-electron chi connectivity index (χ4n) is 2.90. The quantitative estimate of drug-likeness (QED) is 0.442. The topological polar surface area (TPSA) is 60.8 Å². The second kappa shape index (κ2) is 8.65. The first-order chi connectivity index (χ1) is 12.3. The molecule has 0 unspecified atom stereocenters. The van der Waals surface area contributed by atoms with Gasteiger partial charge in [-0.2, -0.15) is 5.10 Å². The van der Waals surface area contributed by atoms with Crippen LogP contribution in [0.15, 0.2) is 48.2 Å². The summed E-state index contributed by atoms with van der Waals surface area (Å²) in [6, 6.07) is 4.03. The minimum absolute atomic E-state index is 0.0559. The van der Waals surface area contributed by atoms with E-state index in [-0.39, 0.29) is 12.5 Å². The highest BCUT2D eigenvalue weighted by Crippen LogP contribution is 2.32. The predicted octanol–water partition coefficient (Wildman–Crippen LogP) is 2.44. The maximum absolute atomic E-state index is 11.7. The number of hydrazone groups is 1. The summed E-state index contributed by atoms with van der Waals surface area (Å²) in [6.45, 7) is 13.0. The van der Waals surface area contributed by atoms with Crippen LogP contribution < -0.4 is 10.2 Å². The predicted molar refractivity (Wildman–Crippen MR) is 107 cm³/mol. The van der Waals surface area contributed by atoms with Gasteiger partial charge in [-0.1, -0.05) is 32.6 Å². The van der Waals surface area contributed by atoms with Crippen LogP contribution in [0.5, 0.6) is 0 Å². The lowest BCUT2D eigenvalue weighted by Gasteiger charge is -2.46. The van der Waals surface area contributed by atoms with E-state index in [1.165, 1.54) is 0 Å². The van der Waals surface area contributed by atoms with Gasteiger partial charge in [0.1, 0.15) is 12.4 Å². The van der Waals surface area contributed by atoms with Gasteiger partial charge in [0.15, 0.2) is 0 Å². The summed E-state index contributed by atoms with van der Waals surface area (Å²) >= 11 is 0. The van der Waals surface area contributed by atoms with Crippen molar-refractivity contribution < 1.29 is 4.79 Å². The molecule has 6 nitrogen and oxygen atoms in total. The van der Waals surface area contributed by atoms with E-state index >= 15 is 0 Å². The van der Waals surface area contributed by atoms with Crippen molar-refractivity contribution in [3.05, 3.63) is 48.7 Å².